The minimum Gasteiger partial charge on any atom is -0.267 e. The van der Waals surface area contributed by atoms with Crippen molar-refractivity contribution in [2.24, 2.45) is 5.10 Å². The summed E-state index contributed by atoms with van der Waals surface area (Å²) in [6, 6.07) is 11.7. The van der Waals surface area contributed by atoms with E-state index in [0.29, 0.717) is 5.56 Å². The zero-order valence-corrected chi connectivity index (χ0v) is 12.9. The van der Waals surface area contributed by atoms with Gasteiger partial charge in [-0.2, -0.15) is 5.10 Å². The number of amides is 1. The molecule has 0 radical (unpaired) electrons. The third kappa shape index (κ3) is 3.57. The molecule has 3 heteroatoms. The molecule has 2 rings (SSSR count). The fourth-order valence-electron chi connectivity index (χ4n) is 2.44. The Labute approximate surface area is 125 Å². The van der Waals surface area contributed by atoms with Crippen molar-refractivity contribution in [3.8, 4) is 0 Å². The Hall–Kier alpha value is -2.42. The number of rotatable bonds is 3. The summed E-state index contributed by atoms with van der Waals surface area (Å²) in [7, 11) is 0. The van der Waals surface area contributed by atoms with Gasteiger partial charge in [-0.05, 0) is 50.5 Å². The van der Waals surface area contributed by atoms with Gasteiger partial charge in [0.1, 0.15) is 0 Å². The van der Waals surface area contributed by atoms with Crippen LogP contribution in [0.1, 0.15) is 38.2 Å². The van der Waals surface area contributed by atoms with Crippen LogP contribution in [0.25, 0.3) is 0 Å². The van der Waals surface area contributed by atoms with E-state index in [1.54, 1.807) is 12.3 Å². The van der Waals surface area contributed by atoms with Gasteiger partial charge in [-0.15, -0.1) is 0 Å². The molecule has 0 atom stereocenters. The number of aryl methyl sites for hydroxylation is 4. The second kappa shape index (κ2) is 6.35. The Bertz CT molecular complexity index is 679. The van der Waals surface area contributed by atoms with Crippen molar-refractivity contribution in [2.45, 2.75) is 27.7 Å². The fraction of sp³-hybridized carbons (Fsp3) is 0.222. The highest BCUT2D eigenvalue weighted by molar-refractivity contribution is 5.96. The summed E-state index contributed by atoms with van der Waals surface area (Å²) < 4.78 is 0. The molecule has 1 N–H and O–H groups in total. The molecule has 2 aromatic rings. The maximum atomic E-state index is 12.1. The van der Waals surface area contributed by atoms with Crippen molar-refractivity contribution < 1.29 is 4.79 Å². The second-order valence-electron chi connectivity index (χ2n) is 5.33. The summed E-state index contributed by atoms with van der Waals surface area (Å²) in [5.41, 5.74) is 8.75. The Morgan fingerprint density at radius 3 is 2.24 bits per heavy atom. The first kappa shape index (κ1) is 15.0. The van der Waals surface area contributed by atoms with Gasteiger partial charge in [-0.3, -0.25) is 4.79 Å². The summed E-state index contributed by atoms with van der Waals surface area (Å²) in [6.45, 7) is 8.07. The van der Waals surface area contributed by atoms with E-state index in [1.165, 1.54) is 5.56 Å². The summed E-state index contributed by atoms with van der Waals surface area (Å²) in [5.74, 6) is -0.188. The molecule has 0 aliphatic heterocycles. The summed E-state index contributed by atoms with van der Waals surface area (Å²) in [6.07, 6.45) is 1.71. The van der Waals surface area contributed by atoms with Gasteiger partial charge in [0.2, 0.25) is 0 Å². The first-order valence-electron chi connectivity index (χ1n) is 6.96. The van der Waals surface area contributed by atoms with Crippen LogP contribution in [0.3, 0.4) is 0 Å². The molecular weight excluding hydrogens is 260 g/mol. The number of benzene rings is 2. The van der Waals surface area contributed by atoms with Crippen LogP contribution in [-0.4, -0.2) is 12.1 Å². The van der Waals surface area contributed by atoms with Crippen molar-refractivity contribution in [3.05, 3.63) is 69.8 Å². The topological polar surface area (TPSA) is 41.5 Å². The van der Waals surface area contributed by atoms with Crippen LogP contribution in [0.5, 0.6) is 0 Å². The number of hydrogen-bond donors (Lipinski definition) is 1. The smallest absolute Gasteiger partial charge is 0.267 e. The molecule has 21 heavy (non-hydrogen) atoms. The zero-order valence-electron chi connectivity index (χ0n) is 12.9. The third-order valence-corrected chi connectivity index (χ3v) is 3.49. The van der Waals surface area contributed by atoms with E-state index < -0.39 is 0 Å². The molecule has 0 aliphatic carbocycles. The van der Waals surface area contributed by atoms with E-state index in [-0.39, 0.29) is 5.91 Å². The molecule has 0 aromatic heterocycles. The number of nitrogens with one attached hydrogen (secondary N) is 1. The van der Waals surface area contributed by atoms with Gasteiger partial charge in [-0.1, -0.05) is 35.9 Å². The molecule has 2 aromatic carbocycles. The molecule has 0 saturated heterocycles. The van der Waals surface area contributed by atoms with Gasteiger partial charge in [0.25, 0.3) is 5.91 Å². The zero-order chi connectivity index (χ0) is 15.4. The van der Waals surface area contributed by atoms with Crippen LogP contribution in [0.15, 0.2) is 41.5 Å². The van der Waals surface area contributed by atoms with Gasteiger partial charge in [0.15, 0.2) is 0 Å². The summed E-state index contributed by atoms with van der Waals surface area (Å²) >= 11 is 0. The Morgan fingerprint density at radius 1 is 1.00 bits per heavy atom. The molecule has 0 bridgehead atoms. The minimum absolute atomic E-state index is 0.188. The molecule has 0 spiro atoms. The normalized spacial score (nSPS) is 10.9. The van der Waals surface area contributed by atoms with Crippen LogP contribution in [0.2, 0.25) is 0 Å². The van der Waals surface area contributed by atoms with Crippen LogP contribution < -0.4 is 5.43 Å². The fourth-order valence-corrected chi connectivity index (χ4v) is 2.44. The number of carbonyl (C=O) groups excluding carboxylic acids is 1. The molecule has 3 nitrogen and oxygen atoms in total. The van der Waals surface area contributed by atoms with E-state index >= 15 is 0 Å². The van der Waals surface area contributed by atoms with E-state index in [9.17, 15) is 4.79 Å². The Balaban J connectivity index is 2.13. The second-order valence-corrected chi connectivity index (χ2v) is 5.33. The first-order chi connectivity index (χ1) is 9.99. The molecule has 0 saturated carbocycles. The summed E-state index contributed by atoms with van der Waals surface area (Å²) in [5, 5.41) is 4.09. The summed E-state index contributed by atoms with van der Waals surface area (Å²) in [4.78, 5) is 12.1. The molecule has 0 unspecified atom stereocenters. The number of nitrogens with zero attached hydrogens (tertiary/aromatic N) is 1. The average Bonchev–Trinajstić information content (AvgIpc) is 2.42. The number of hydrazone groups is 1. The van der Waals surface area contributed by atoms with Crippen molar-refractivity contribution in [1.82, 2.24) is 5.43 Å². The molecule has 108 valence electrons. The number of carbonyl (C=O) groups is 1. The Kier molecular flexibility index (Phi) is 4.53. The largest absolute Gasteiger partial charge is 0.271 e. The maximum Gasteiger partial charge on any atom is 0.271 e. The van der Waals surface area contributed by atoms with Gasteiger partial charge in [-0.25, -0.2) is 5.43 Å². The van der Waals surface area contributed by atoms with E-state index in [1.807, 2.05) is 39.0 Å². The predicted molar refractivity (Wildman–Crippen MR) is 86.9 cm³/mol. The first-order valence-corrected chi connectivity index (χ1v) is 6.96. The van der Waals surface area contributed by atoms with Crippen molar-refractivity contribution >= 4 is 12.1 Å². The van der Waals surface area contributed by atoms with Crippen LogP contribution in [0, 0.1) is 27.7 Å². The lowest BCUT2D eigenvalue weighted by Gasteiger charge is -2.07. The highest BCUT2D eigenvalue weighted by Crippen LogP contribution is 2.14. The lowest BCUT2D eigenvalue weighted by Crippen LogP contribution is -2.18. The standard InChI is InChI=1S/C18H20N2O/c1-12-9-14(3)17(15(4)10-12)11-19-20-18(21)16-8-6-5-7-13(16)2/h5-11H,1-4H3,(H,20,21)/b19-11-. The van der Waals surface area contributed by atoms with Gasteiger partial charge >= 0.3 is 0 Å². The van der Waals surface area contributed by atoms with E-state index in [2.05, 4.69) is 29.6 Å². The predicted octanol–water partition coefficient (Wildman–Crippen LogP) is 3.68. The van der Waals surface area contributed by atoms with E-state index in [4.69, 9.17) is 0 Å². The highest BCUT2D eigenvalue weighted by Gasteiger charge is 2.06. The SMILES string of the molecule is Cc1cc(C)c(/C=N\NC(=O)c2ccccc2C)c(C)c1. The van der Waals surface area contributed by atoms with Crippen LogP contribution in [-0.2, 0) is 0 Å². The van der Waals surface area contributed by atoms with E-state index in [0.717, 1.165) is 22.3 Å². The molecule has 0 heterocycles. The van der Waals surface area contributed by atoms with Gasteiger partial charge < -0.3 is 0 Å². The van der Waals surface area contributed by atoms with Crippen molar-refractivity contribution in [1.29, 1.82) is 0 Å². The minimum atomic E-state index is -0.188. The van der Waals surface area contributed by atoms with Crippen molar-refractivity contribution in [2.75, 3.05) is 0 Å². The lowest BCUT2D eigenvalue weighted by molar-refractivity contribution is 0.0954. The Morgan fingerprint density at radius 2 is 1.62 bits per heavy atom. The van der Waals surface area contributed by atoms with Crippen LogP contribution in [0.4, 0.5) is 0 Å². The molecule has 1 amide bonds. The highest BCUT2D eigenvalue weighted by atomic mass is 16.2. The van der Waals surface area contributed by atoms with Gasteiger partial charge in [0.05, 0.1) is 6.21 Å². The lowest BCUT2D eigenvalue weighted by atomic mass is 10.0. The van der Waals surface area contributed by atoms with Crippen LogP contribution >= 0.6 is 0 Å². The molecule has 0 aliphatic rings. The molecular formula is C18H20N2O. The van der Waals surface area contributed by atoms with Gasteiger partial charge in [0, 0.05) is 11.1 Å². The monoisotopic (exact) mass is 280 g/mol. The molecule has 0 fully saturated rings. The third-order valence-electron chi connectivity index (χ3n) is 3.49. The number of hydrogen-bond acceptors (Lipinski definition) is 2. The average molecular weight is 280 g/mol. The van der Waals surface area contributed by atoms with Crippen molar-refractivity contribution in [3.63, 3.8) is 0 Å². The maximum absolute atomic E-state index is 12.1. The quantitative estimate of drug-likeness (QED) is 0.676.